The second-order valence-electron chi connectivity index (χ2n) is 3.76. The Hall–Kier alpha value is -1.36. The SMILES string of the molecule is NC(=O)c1cccc(Sc2ccc(Cl)c(Cl)c2)c1N. The monoisotopic (exact) mass is 312 g/mol. The van der Waals surface area contributed by atoms with Crippen LogP contribution in [0.3, 0.4) is 0 Å². The molecular weight excluding hydrogens is 303 g/mol. The van der Waals surface area contributed by atoms with Crippen LogP contribution < -0.4 is 11.5 Å². The Labute approximate surface area is 124 Å². The van der Waals surface area contributed by atoms with Crippen molar-refractivity contribution in [2.75, 3.05) is 5.73 Å². The van der Waals surface area contributed by atoms with Crippen LogP contribution in [0.2, 0.25) is 10.0 Å². The van der Waals surface area contributed by atoms with Gasteiger partial charge in [0.05, 0.1) is 21.3 Å². The molecule has 0 spiro atoms. The van der Waals surface area contributed by atoms with Gasteiger partial charge in [0.25, 0.3) is 5.91 Å². The van der Waals surface area contributed by atoms with Crippen LogP contribution in [0.25, 0.3) is 0 Å². The van der Waals surface area contributed by atoms with Crippen molar-refractivity contribution in [1.82, 2.24) is 0 Å². The smallest absolute Gasteiger partial charge is 0.250 e. The summed E-state index contributed by atoms with van der Waals surface area (Å²) in [7, 11) is 0. The number of hydrogen-bond acceptors (Lipinski definition) is 3. The molecule has 0 bridgehead atoms. The molecule has 2 aromatic rings. The zero-order valence-corrected chi connectivity index (χ0v) is 12.0. The number of primary amides is 1. The van der Waals surface area contributed by atoms with Crippen LogP contribution in [-0.4, -0.2) is 5.91 Å². The van der Waals surface area contributed by atoms with E-state index < -0.39 is 5.91 Å². The van der Waals surface area contributed by atoms with Gasteiger partial charge in [-0.1, -0.05) is 41.0 Å². The summed E-state index contributed by atoms with van der Waals surface area (Å²) in [5.41, 5.74) is 11.9. The molecule has 0 saturated carbocycles. The Morgan fingerprint density at radius 1 is 1.11 bits per heavy atom. The van der Waals surface area contributed by atoms with E-state index in [2.05, 4.69) is 0 Å². The number of hydrogen-bond donors (Lipinski definition) is 2. The number of rotatable bonds is 3. The van der Waals surface area contributed by atoms with Crippen LogP contribution in [-0.2, 0) is 0 Å². The summed E-state index contributed by atoms with van der Waals surface area (Å²) in [6, 6.07) is 10.4. The molecule has 19 heavy (non-hydrogen) atoms. The highest BCUT2D eigenvalue weighted by Gasteiger charge is 2.11. The maximum atomic E-state index is 11.2. The first-order chi connectivity index (χ1) is 8.99. The van der Waals surface area contributed by atoms with Gasteiger partial charge in [-0.2, -0.15) is 0 Å². The lowest BCUT2D eigenvalue weighted by Crippen LogP contribution is -2.13. The number of halogens is 2. The lowest BCUT2D eigenvalue weighted by Gasteiger charge is -2.09. The molecule has 2 rings (SSSR count). The van der Waals surface area contributed by atoms with E-state index in [0.29, 0.717) is 21.3 Å². The number of benzene rings is 2. The van der Waals surface area contributed by atoms with Crippen molar-refractivity contribution in [3.8, 4) is 0 Å². The number of amides is 1. The third-order valence-corrected chi connectivity index (χ3v) is 4.26. The highest BCUT2D eigenvalue weighted by atomic mass is 35.5. The van der Waals surface area contributed by atoms with E-state index in [1.165, 1.54) is 11.8 Å². The summed E-state index contributed by atoms with van der Waals surface area (Å²) < 4.78 is 0. The molecule has 0 atom stereocenters. The van der Waals surface area contributed by atoms with E-state index in [9.17, 15) is 4.79 Å². The molecule has 0 unspecified atom stereocenters. The van der Waals surface area contributed by atoms with E-state index in [4.69, 9.17) is 34.7 Å². The van der Waals surface area contributed by atoms with Crippen molar-refractivity contribution in [2.45, 2.75) is 9.79 Å². The van der Waals surface area contributed by atoms with E-state index in [1.54, 1.807) is 24.3 Å². The molecule has 4 N–H and O–H groups in total. The van der Waals surface area contributed by atoms with E-state index in [0.717, 1.165) is 9.79 Å². The molecule has 0 aliphatic heterocycles. The highest BCUT2D eigenvalue weighted by molar-refractivity contribution is 7.99. The molecule has 0 heterocycles. The fourth-order valence-corrected chi connectivity index (χ4v) is 2.81. The lowest BCUT2D eigenvalue weighted by molar-refractivity contribution is 0.100. The van der Waals surface area contributed by atoms with Gasteiger partial charge in [0.1, 0.15) is 0 Å². The molecule has 0 aliphatic carbocycles. The average Bonchev–Trinajstić information content (AvgIpc) is 2.36. The van der Waals surface area contributed by atoms with Gasteiger partial charge in [0.15, 0.2) is 0 Å². The van der Waals surface area contributed by atoms with Crippen LogP contribution in [0.15, 0.2) is 46.2 Å². The molecule has 0 saturated heterocycles. The topological polar surface area (TPSA) is 69.1 Å². The zero-order valence-electron chi connectivity index (χ0n) is 9.69. The number of para-hydroxylation sites is 1. The minimum atomic E-state index is -0.547. The largest absolute Gasteiger partial charge is 0.397 e. The molecule has 0 aromatic heterocycles. The molecule has 0 fully saturated rings. The predicted molar refractivity (Wildman–Crippen MR) is 80.0 cm³/mol. The van der Waals surface area contributed by atoms with Gasteiger partial charge >= 0.3 is 0 Å². The third kappa shape index (κ3) is 3.15. The van der Waals surface area contributed by atoms with Crippen LogP contribution in [0.1, 0.15) is 10.4 Å². The van der Waals surface area contributed by atoms with E-state index >= 15 is 0 Å². The molecular formula is C13H10Cl2N2OS. The number of nitrogens with two attached hydrogens (primary N) is 2. The summed E-state index contributed by atoms with van der Waals surface area (Å²) in [5, 5.41) is 0.959. The van der Waals surface area contributed by atoms with Gasteiger partial charge in [-0.05, 0) is 30.3 Å². The molecule has 3 nitrogen and oxygen atoms in total. The molecule has 6 heteroatoms. The van der Waals surface area contributed by atoms with Crippen molar-refractivity contribution >= 4 is 46.6 Å². The summed E-state index contributed by atoms with van der Waals surface area (Å²) in [5.74, 6) is -0.547. The van der Waals surface area contributed by atoms with Crippen molar-refractivity contribution in [1.29, 1.82) is 0 Å². The van der Waals surface area contributed by atoms with Crippen molar-refractivity contribution < 1.29 is 4.79 Å². The summed E-state index contributed by atoms with van der Waals surface area (Å²) >= 11 is 13.2. The summed E-state index contributed by atoms with van der Waals surface area (Å²) in [4.78, 5) is 12.8. The fraction of sp³-hybridized carbons (Fsp3) is 0. The number of anilines is 1. The first kappa shape index (κ1) is 14.1. The lowest BCUT2D eigenvalue weighted by atomic mass is 10.2. The van der Waals surface area contributed by atoms with Crippen LogP contribution in [0.5, 0.6) is 0 Å². The van der Waals surface area contributed by atoms with Gasteiger partial charge < -0.3 is 11.5 Å². The molecule has 1 amide bonds. The van der Waals surface area contributed by atoms with Gasteiger partial charge in [0.2, 0.25) is 0 Å². The van der Waals surface area contributed by atoms with Gasteiger partial charge in [0, 0.05) is 9.79 Å². The third-order valence-electron chi connectivity index (χ3n) is 2.45. The standard InChI is InChI=1S/C13H10Cl2N2OS/c14-9-5-4-7(6-10(9)15)19-11-3-1-2-8(12(11)16)13(17)18/h1-6H,16H2,(H2,17,18). The van der Waals surface area contributed by atoms with E-state index in [1.807, 2.05) is 12.1 Å². The second kappa shape index (κ2) is 5.74. The Balaban J connectivity index is 2.35. The first-order valence-electron chi connectivity index (χ1n) is 5.30. The summed E-state index contributed by atoms with van der Waals surface area (Å²) in [6.45, 7) is 0. The summed E-state index contributed by atoms with van der Waals surface area (Å²) in [6.07, 6.45) is 0. The maximum Gasteiger partial charge on any atom is 0.250 e. The van der Waals surface area contributed by atoms with Gasteiger partial charge in [-0.25, -0.2) is 0 Å². The fourth-order valence-electron chi connectivity index (χ4n) is 1.52. The number of carbonyl (C=O) groups is 1. The number of nitrogen functional groups attached to an aromatic ring is 1. The van der Waals surface area contributed by atoms with Gasteiger partial charge in [-0.15, -0.1) is 0 Å². The average molecular weight is 313 g/mol. The minimum Gasteiger partial charge on any atom is -0.397 e. The minimum absolute atomic E-state index is 0.310. The predicted octanol–water partition coefficient (Wildman–Crippen LogP) is 3.83. The molecule has 98 valence electrons. The Kier molecular flexibility index (Phi) is 4.24. The normalized spacial score (nSPS) is 10.4. The Morgan fingerprint density at radius 2 is 1.84 bits per heavy atom. The number of carbonyl (C=O) groups excluding carboxylic acids is 1. The second-order valence-corrected chi connectivity index (χ2v) is 5.69. The van der Waals surface area contributed by atoms with Crippen molar-refractivity contribution in [2.24, 2.45) is 5.73 Å². The van der Waals surface area contributed by atoms with Crippen LogP contribution >= 0.6 is 35.0 Å². The van der Waals surface area contributed by atoms with Crippen molar-refractivity contribution in [3.63, 3.8) is 0 Å². The Bertz CT molecular complexity index is 647. The zero-order chi connectivity index (χ0) is 14.0. The van der Waals surface area contributed by atoms with Crippen LogP contribution in [0.4, 0.5) is 5.69 Å². The molecule has 0 radical (unpaired) electrons. The van der Waals surface area contributed by atoms with Gasteiger partial charge in [-0.3, -0.25) is 4.79 Å². The molecule has 2 aromatic carbocycles. The maximum absolute atomic E-state index is 11.2. The first-order valence-corrected chi connectivity index (χ1v) is 6.87. The molecule has 0 aliphatic rings. The van der Waals surface area contributed by atoms with Crippen LogP contribution in [0, 0.1) is 0 Å². The van der Waals surface area contributed by atoms with Crippen molar-refractivity contribution in [3.05, 3.63) is 52.0 Å². The van der Waals surface area contributed by atoms with E-state index in [-0.39, 0.29) is 0 Å². The quantitative estimate of drug-likeness (QED) is 0.846. The highest BCUT2D eigenvalue weighted by Crippen LogP contribution is 2.36. The Morgan fingerprint density at radius 3 is 2.47 bits per heavy atom.